The van der Waals surface area contributed by atoms with Crippen LogP contribution >= 0.6 is 0 Å². The van der Waals surface area contributed by atoms with Gasteiger partial charge in [0.25, 0.3) is 0 Å². The molecule has 0 saturated carbocycles. The van der Waals surface area contributed by atoms with E-state index >= 15 is 0 Å². The maximum Gasteiger partial charge on any atom is 0.191 e. The lowest BCUT2D eigenvalue weighted by Gasteiger charge is -2.27. The molecule has 0 aliphatic carbocycles. The molecule has 0 amide bonds. The second kappa shape index (κ2) is 10.3. The van der Waals surface area contributed by atoms with E-state index in [1.54, 1.807) is 14.2 Å². The summed E-state index contributed by atoms with van der Waals surface area (Å²) in [6.45, 7) is 8.56. The summed E-state index contributed by atoms with van der Waals surface area (Å²) >= 11 is 0. The molecule has 0 unspecified atom stereocenters. The average molecular weight is 363 g/mol. The zero-order chi connectivity index (χ0) is 18.9. The lowest BCUT2D eigenvalue weighted by atomic mass is 10.1. The molecule has 0 aromatic heterocycles. The van der Waals surface area contributed by atoms with E-state index in [0.717, 1.165) is 29.6 Å². The maximum atomic E-state index is 5.36. The third-order valence-electron chi connectivity index (χ3n) is 4.74. The van der Waals surface area contributed by atoms with Crippen molar-refractivity contribution in [2.24, 2.45) is 10.9 Å². The predicted molar refractivity (Wildman–Crippen MR) is 107 cm³/mol. The van der Waals surface area contributed by atoms with E-state index in [9.17, 15) is 0 Å². The highest BCUT2D eigenvalue weighted by Gasteiger charge is 2.24. The molecule has 26 heavy (non-hydrogen) atoms. The van der Waals surface area contributed by atoms with E-state index < -0.39 is 0 Å². The molecule has 1 aliphatic rings. The second-order valence-electron chi connectivity index (χ2n) is 7.18. The van der Waals surface area contributed by atoms with Gasteiger partial charge in [-0.25, -0.2) is 0 Å². The Kier molecular flexibility index (Phi) is 8.04. The molecule has 2 N–H and O–H groups in total. The summed E-state index contributed by atoms with van der Waals surface area (Å²) in [5.74, 6) is 3.02. The summed E-state index contributed by atoms with van der Waals surface area (Å²) in [5, 5.41) is 6.86. The highest BCUT2D eigenvalue weighted by atomic mass is 16.5. The van der Waals surface area contributed by atoms with Crippen molar-refractivity contribution >= 4 is 5.96 Å². The summed E-state index contributed by atoms with van der Waals surface area (Å²) in [7, 11) is 5.11. The smallest absolute Gasteiger partial charge is 0.191 e. The van der Waals surface area contributed by atoms with E-state index in [1.165, 1.54) is 25.9 Å². The molecule has 0 spiro atoms. The zero-order valence-corrected chi connectivity index (χ0v) is 16.8. The van der Waals surface area contributed by atoms with Crippen molar-refractivity contribution in [3.8, 4) is 11.5 Å². The number of hydrogen-bond acceptors (Lipinski definition) is 4. The quantitative estimate of drug-likeness (QED) is 0.550. The molecular formula is C20H34N4O2. The molecule has 6 heteroatoms. The first-order chi connectivity index (χ1) is 12.6. The van der Waals surface area contributed by atoms with Gasteiger partial charge in [0.15, 0.2) is 17.5 Å². The fourth-order valence-corrected chi connectivity index (χ4v) is 3.45. The lowest BCUT2D eigenvalue weighted by molar-refractivity contribution is 0.226. The van der Waals surface area contributed by atoms with Crippen LogP contribution in [0.2, 0.25) is 0 Å². The van der Waals surface area contributed by atoms with Crippen LogP contribution in [0.3, 0.4) is 0 Å². The summed E-state index contributed by atoms with van der Waals surface area (Å²) < 4.78 is 10.6. The van der Waals surface area contributed by atoms with E-state index in [4.69, 9.17) is 9.47 Å². The van der Waals surface area contributed by atoms with Crippen molar-refractivity contribution in [1.29, 1.82) is 0 Å². The molecule has 146 valence electrons. The largest absolute Gasteiger partial charge is 0.493 e. The van der Waals surface area contributed by atoms with Crippen molar-refractivity contribution in [2.45, 2.75) is 39.3 Å². The predicted octanol–water partition coefficient (Wildman–Crippen LogP) is 2.49. The van der Waals surface area contributed by atoms with Crippen molar-refractivity contribution < 1.29 is 9.47 Å². The molecule has 2 rings (SSSR count). The first-order valence-electron chi connectivity index (χ1n) is 9.46. The first kappa shape index (κ1) is 20.4. The van der Waals surface area contributed by atoms with Crippen LogP contribution in [-0.2, 0) is 6.54 Å². The SMILES string of the molecule is CN=C(NCc1ccc(OC)c(OC)c1)NC[C@H]1CCCN1CC(C)C. The lowest BCUT2D eigenvalue weighted by Crippen LogP contribution is -2.45. The number of aliphatic imine (C=N–C) groups is 1. The Morgan fingerprint density at radius 2 is 2.00 bits per heavy atom. The summed E-state index contributed by atoms with van der Waals surface area (Å²) in [6, 6.07) is 6.54. The molecule has 1 aromatic rings. The van der Waals surface area contributed by atoms with Gasteiger partial charge in [-0.05, 0) is 43.0 Å². The molecule has 0 radical (unpaired) electrons. The monoisotopic (exact) mass is 362 g/mol. The van der Waals surface area contributed by atoms with Crippen molar-refractivity contribution in [1.82, 2.24) is 15.5 Å². The number of likely N-dealkylation sites (tertiary alicyclic amines) is 1. The molecule has 1 atom stereocenters. The van der Waals surface area contributed by atoms with E-state index in [0.29, 0.717) is 18.5 Å². The molecule has 1 aliphatic heterocycles. The molecule has 1 fully saturated rings. The minimum Gasteiger partial charge on any atom is -0.493 e. The van der Waals surface area contributed by atoms with Crippen LogP contribution in [0.5, 0.6) is 11.5 Å². The van der Waals surface area contributed by atoms with Crippen LogP contribution in [0, 0.1) is 5.92 Å². The standard InChI is InChI=1S/C20H34N4O2/c1-15(2)14-24-10-6-7-17(24)13-23-20(21-3)22-12-16-8-9-18(25-4)19(11-16)26-5/h8-9,11,15,17H,6-7,10,12-14H2,1-5H3,(H2,21,22,23)/t17-/m1/s1. The van der Waals surface area contributed by atoms with Crippen LogP contribution in [-0.4, -0.2) is 57.8 Å². The fraction of sp³-hybridized carbons (Fsp3) is 0.650. The number of benzene rings is 1. The molecule has 1 heterocycles. The molecule has 6 nitrogen and oxygen atoms in total. The molecule has 1 saturated heterocycles. The van der Waals surface area contributed by atoms with E-state index in [1.807, 2.05) is 25.2 Å². The van der Waals surface area contributed by atoms with Gasteiger partial charge in [0.1, 0.15) is 0 Å². The van der Waals surface area contributed by atoms with Crippen LogP contribution < -0.4 is 20.1 Å². The minimum absolute atomic E-state index is 0.594. The highest BCUT2D eigenvalue weighted by Crippen LogP contribution is 2.27. The fourth-order valence-electron chi connectivity index (χ4n) is 3.45. The van der Waals surface area contributed by atoms with Gasteiger partial charge in [0.2, 0.25) is 0 Å². The van der Waals surface area contributed by atoms with Crippen LogP contribution in [0.1, 0.15) is 32.3 Å². The number of guanidine groups is 1. The van der Waals surface area contributed by atoms with E-state index in [2.05, 4.69) is 34.4 Å². The van der Waals surface area contributed by atoms with Gasteiger partial charge in [-0.15, -0.1) is 0 Å². The van der Waals surface area contributed by atoms with Crippen LogP contribution in [0.25, 0.3) is 0 Å². The number of methoxy groups -OCH3 is 2. The third-order valence-corrected chi connectivity index (χ3v) is 4.74. The Morgan fingerprint density at radius 1 is 1.23 bits per heavy atom. The normalized spacial score (nSPS) is 18.2. The molecule has 0 bridgehead atoms. The number of ether oxygens (including phenoxy) is 2. The van der Waals surface area contributed by atoms with Gasteiger partial charge in [-0.1, -0.05) is 19.9 Å². The van der Waals surface area contributed by atoms with Gasteiger partial charge in [0, 0.05) is 32.7 Å². The van der Waals surface area contributed by atoms with Crippen LogP contribution in [0.15, 0.2) is 23.2 Å². The number of nitrogens with one attached hydrogen (secondary N) is 2. The Bertz CT molecular complexity index is 589. The average Bonchev–Trinajstić information content (AvgIpc) is 3.07. The summed E-state index contributed by atoms with van der Waals surface area (Å²) in [4.78, 5) is 6.94. The Morgan fingerprint density at radius 3 is 2.65 bits per heavy atom. The topological polar surface area (TPSA) is 58.1 Å². The van der Waals surface area contributed by atoms with Gasteiger partial charge in [-0.3, -0.25) is 9.89 Å². The first-order valence-corrected chi connectivity index (χ1v) is 9.46. The molecule has 1 aromatic carbocycles. The number of hydrogen-bond donors (Lipinski definition) is 2. The third kappa shape index (κ3) is 5.80. The van der Waals surface area contributed by atoms with Gasteiger partial charge >= 0.3 is 0 Å². The van der Waals surface area contributed by atoms with Crippen LogP contribution in [0.4, 0.5) is 0 Å². The Balaban J connectivity index is 1.84. The Hall–Kier alpha value is -1.95. The second-order valence-corrected chi connectivity index (χ2v) is 7.18. The van der Waals surface area contributed by atoms with Gasteiger partial charge in [0.05, 0.1) is 14.2 Å². The van der Waals surface area contributed by atoms with E-state index in [-0.39, 0.29) is 0 Å². The summed E-state index contributed by atoms with van der Waals surface area (Å²) in [5.41, 5.74) is 1.12. The molecular weight excluding hydrogens is 328 g/mol. The number of rotatable bonds is 8. The van der Waals surface area contributed by atoms with Gasteiger partial charge < -0.3 is 20.1 Å². The number of nitrogens with zero attached hydrogens (tertiary/aromatic N) is 2. The minimum atomic E-state index is 0.594. The summed E-state index contributed by atoms with van der Waals surface area (Å²) in [6.07, 6.45) is 2.54. The maximum absolute atomic E-state index is 5.36. The highest BCUT2D eigenvalue weighted by molar-refractivity contribution is 5.79. The zero-order valence-electron chi connectivity index (χ0n) is 16.8. The van der Waals surface area contributed by atoms with Crippen molar-refractivity contribution in [3.63, 3.8) is 0 Å². The van der Waals surface area contributed by atoms with Crippen molar-refractivity contribution in [2.75, 3.05) is 40.9 Å². The van der Waals surface area contributed by atoms with Crippen molar-refractivity contribution in [3.05, 3.63) is 23.8 Å². The Labute approximate surface area is 158 Å². The van der Waals surface area contributed by atoms with Gasteiger partial charge in [-0.2, -0.15) is 0 Å².